The molecule has 1 amide bonds. The summed E-state index contributed by atoms with van der Waals surface area (Å²) >= 11 is 1.48. The molecule has 0 aliphatic carbocycles. The van der Waals surface area contributed by atoms with Crippen LogP contribution in [0.4, 0.5) is 4.79 Å². The Morgan fingerprint density at radius 1 is 1.52 bits per heavy atom. The molecule has 130 valence electrons. The van der Waals surface area contributed by atoms with Crippen LogP contribution >= 0.6 is 11.3 Å². The third-order valence-electron chi connectivity index (χ3n) is 4.01. The molecule has 0 bridgehead atoms. The lowest BCUT2D eigenvalue weighted by atomic mass is 9.97. The highest BCUT2D eigenvalue weighted by molar-refractivity contribution is 7.09. The van der Waals surface area contributed by atoms with E-state index < -0.39 is 11.7 Å². The second-order valence-corrected chi connectivity index (χ2v) is 8.07. The Labute approximate surface area is 142 Å². The smallest absolute Gasteiger partial charge is 0.410 e. The minimum absolute atomic E-state index is 0.206. The second-order valence-electron chi connectivity index (χ2n) is 7.14. The predicted octanol–water partition coefficient (Wildman–Crippen LogP) is 4.14. The number of rotatable bonds is 5. The van der Waals surface area contributed by atoms with Crippen molar-refractivity contribution >= 4 is 17.4 Å². The molecule has 0 radical (unpaired) electrons. The average molecular weight is 340 g/mol. The van der Waals surface area contributed by atoms with Crippen LogP contribution in [-0.2, 0) is 4.74 Å². The predicted molar refractivity (Wildman–Crippen MR) is 91.5 cm³/mol. The lowest BCUT2D eigenvalue weighted by Crippen LogP contribution is -2.46. The Kier molecular flexibility index (Phi) is 6.41. The maximum Gasteiger partial charge on any atom is 0.410 e. The molecule has 5 nitrogen and oxygen atoms in total. The van der Waals surface area contributed by atoms with Gasteiger partial charge < -0.3 is 14.7 Å². The van der Waals surface area contributed by atoms with Gasteiger partial charge in [-0.15, -0.1) is 11.3 Å². The van der Waals surface area contributed by atoms with E-state index in [1.165, 1.54) is 11.3 Å². The SMILES string of the molecule is CC(C)(C)OC(=O)N1CCCCC1CCCC(O)c1nccs1. The minimum atomic E-state index is -0.492. The fraction of sp³-hybridized carbons (Fsp3) is 0.765. The molecule has 2 heterocycles. The first-order valence-corrected chi connectivity index (χ1v) is 9.32. The van der Waals surface area contributed by atoms with Crippen LogP contribution in [0.25, 0.3) is 0 Å². The van der Waals surface area contributed by atoms with Crippen LogP contribution in [0.15, 0.2) is 11.6 Å². The summed E-state index contributed by atoms with van der Waals surface area (Å²) in [4.78, 5) is 18.4. The molecular weight excluding hydrogens is 312 g/mol. The summed E-state index contributed by atoms with van der Waals surface area (Å²) in [7, 11) is 0. The van der Waals surface area contributed by atoms with E-state index in [-0.39, 0.29) is 12.1 Å². The standard InChI is InChI=1S/C17H28N2O3S/c1-17(2,3)22-16(21)19-11-5-4-7-13(19)8-6-9-14(20)15-18-10-12-23-15/h10,12-14,20H,4-9,11H2,1-3H3. The van der Waals surface area contributed by atoms with E-state index in [0.717, 1.165) is 43.7 Å². The lowest BCUT2D eigenvalue weighted by molar-refractivity contribution is 0.00822. The Balaban J connectivity index is 1.82. The molecule has 2 rings (SSSR count). The lowest BCUT2D eigenvalue weighted by Gasteiger charge is -2.37. The zero-order chi connectivity index (χ0) is 16.9. The minimum Gasteiger partial charge on any atom is -0.444 e. The summed E-state index contributed by atoms with van der Waals surface area (Å²) in [5.41, 5.74) is -0.458. The molecule has 1 N–H and O–H groups in total. The Hall–Kier alpha value is -1.14. The fourth-order valence-electron chi connectivity index (χ4n) is 2.93. The maximum absolute atomic E-state index is 12.4. The van der Waals surface area contributed by atoms with Crippen molar-refractivity contribution in [3.8, 4) is 0 Å². The van der Waals surface area contributed by atoms with Gasteiger partial charge in [0.05, 0.1) is 0 Å². The van der Waals surface area contributed by atoms with Gasteiger partial charge in [0.1, 0.15) is 16.7 Å². The first-order chi connectivity index (χ1) is 10.9. The largest absolute Gasteiger partial charge is 0.444 e. The molecule has 1 aromatic heterocycles. The van der Waals surface area contributed by atoms with Crippen LogP contribution in [0.2, 0.25) is 0 Å². The van der Waals surface area contributed by atoms with Crippen molar-refractivity contribution in [1.29, 1.82) is 0 Å². The highest BCUT2D eigenvalue weighted by Crippen LogP contribution is 2.26. The fourth-order valence-corrected chi connectivity index (χ4v) is 3.59. The molecule has 2 atom stereocenters. The number of ether oxygens (including phenoxy) is 1. The average Bonchev–Trinajstić information content (AvgIpc) is 3.00. The normalized spacial score (nSPS) is 20.3. The van der Waals surface area contributed by atoms with Gasteiger partial charge in [-0.2, -0.15) is 0 Å². The number of nitrogens with zero attached hydrogens (tertiary/aromatic N) is 2. The van der Waals surface area contributed by atoms with E-state index >= 15 is 0 Å². The molecule has 1 saturated heterocycles. The number of aliphatic hydroxyl groups is 1. The maximum atomic E-state index is 12.4. The van der Waals surface area contributed by atoms with Gasteiger partial charge in [0.25, 0.3) is 0 Å². The molecule has 23 heavy (non-hydrogen) atoms. The second kappa shape index (κ2) is 8.11. The third-order valence-corrected chi connectivity index (χ3v) is 4.88. The number of amides is 1. The van der Waals surface area contributed by atoms with Crippen molar-refractivity contribution in [2.24, 2.45) is 0 Å². The van der Waals surface area contributed by atoms with E-state index in [9.17, 15) is 9.90 Å². The summed E-state index contributed by atoms with van der Waals surface area (Å²) in [6.45, 7) is 6.46. The zero-order valence-corrected chi connectivity index (χ0v) is 15.1. The zero-order valence-electron chi connectivity index (χ0n) is 14.3. The van der Waals surface area contributed by atoms with Crippen molar-refractivity contribution in [3.63, 3.8) is 0 Å². The molecule has 1 aliphatic heterocycles. The highest BCUT2D eigenvalue weighted by atomic mass is 32.1. The Morgan fingerprint density at radius 2 is 2.30 bits per heavy atom. The number of aromatic nitrogens is 1. The van der Waals surface area contributed by atoms with Gasteiger partial charge in [0.15, 0.2) is 0 Å². The van der Waals surface area contributed by atoms with E-state index in [1.54, 1.807) is 6.20 Å². The molecule has 1 aromatic rings. The molecule has 0 saturated carbocycles. The summed E-state index contributed by atoms with van der Waals surface area (Å²) in [6.07, 6.45) is 6.70. The first kappa shape index (κ1) is 18.2. The summed E-state index contributed by atoms with van der Waals surface area (Å²) in [5, 5.41) is 12.8. The van der Waals surface area contributed by atoms with Gasteiger partial charge in [-0.25, -0.2) is 9.78 Å². The molecule has 1 fully saturated rings. The third kappa shape index (κ3) is 5.77. The Bertz CT molecular complexity index is 485. The van der Waals surface area contributed by atoms with Crippen LogP contribution in [0.5, 0.6) is 0 Å². The van der Waals surface area contributed by atoms with Crippen molar-refractivity contribution in [3.05, 3.63) is 16.6 Å². The first-order valence-electron chi connectivity index (χ1n) is 8.44. The van der Waals surface area contributed by atoms with E-state index in [4.69, 9.17) is 4.74 Å². The Morgan fingerprint density at radius 3 is 2.96 bits per heavy atom. The number of carbonyl (C=O) groups is 1. The van der Waals surface area contributed by atoms with Crippen molar-refractivity contribution in [1.82, 2.24) is 9.88 Å². The van der Waals surface area contributed by atoms with Gasteiger partial charge in [0, 0.05) is 24.2 Å². The quantitative estimate of drug-likeness (QED) is 0.875. The van der Waals surface area contributed by atoms with Gasteiger partial charge in [0.2, 0.25) is 0 Å². The van der Waals surface area contributed by atoms with Crippen LogP contribution < -0.4 is 0 Å². The number of piperidine rings is 1. The van der Waals surface area contributed by atoms with E-state index in [2.05, 4.69) is 4.98 Å². The van der Waals surface area contributed by atoms with E-state index in [1.807, 2.05) is 31.1 Å². The topological polar surface area (TPSA) is 62.7 Å². The van der Waals surface area contributed by atoms with Gasteiger partial charge >= 0.3 is 6.09 Å². The highest BCUT2D eigenvalue weighted by Gasteiger charge is 2.30. The molecule has 1 aliphatic rings. The number of hydrogen-bond acceptors (Lipinski definition) is 5. The van der Waals surface area contributed by atoms with Crippen molar-refractivity contribution in [2.45, 2.75) is 77.0 Å². The molecular formula is C17H28N2O3S. The van der Waals surface area contributed by atoms with Crippen LogP contribution in [0, 0.1) is 0 Å². The summed E-state index contributed by atoms with van der Waals surface area (Å²) in [6, 6.07) is 0.224. The van der Waals surface area contributed by atoms with Crippen LogP contribution in [0.3, 0.4) is 0 Å². The number of hydrogen-bond donors (Lipinski definition) is 1. The van der Waals surface area contributed by atoms with Crippen LogP contribution in [0.1, 0.15) is 70.4 Å². The molecule has 2 unspecified atom stereocenters. The monoisotopic (exact) mass is 340 g/mol. The molecule has 6 heteroatoms. The van der Waals surface area contributed by atoms with Crippen LogP contribution in [-0.4, -0.2) is 39.3 Å². The summed E-state index contributed by atoms with van der Waals surface area (Å²) in [5.74, 6) is 0. The number of carbonyl (C=O) groups excluding carboxylic acids is 1. The van der Waals surface area contributed by atoms with E-state index in [0.29, 0.717) is 6.42 Å². The molecule has 0 aromatic carbocycles. The van der Waals surface area contributed by atoms with Gasteiger partial charge in [-0.3, -0.25) is 0 Å². The van der Waals surface area contributed by atoms with Crippen molar-refractivity contribution in [2.75, 3.05) is 6.54 Å². The molecule has 0 spiro atoms. The number of aliphatic hydroxyl groups excluding tert-OH is 1. The number of likely N-dealkylation sites (tertiary alicyclic amines) is 1. The summed E-state index contributed by atoms with van der Waals surface area (Å²) < 4.78 is 5.52. The number of thiazole rings is 1. The van der Waals surface area contributed by atoms with Crippen molar-refractivity contribution < 1.29 is 14.6 Å². The van der Waals surface area contributed by atoms with Gasteiger partial charge in [-0.05, 0) is 59.3 Å². The van der Waals surface area contributed by atoms with Gasteiger partial charge in [-0.1, -0.05) is 0 Å².